The highest BCUT2D eigenvalue weighted by Gasteiger charge is 2.15. The van der Waals surface area contributed by atoms with E-state index in [1.165, 1.54) is 0 Å². The van der Waals surface area contributed by atoms with Crippen molar-refractivity contribution in [3.05, 3.63) is 60.4 Å². The van der Waals surface area contributed by atoms with Crippen LogP contribution in [0.25, 0.3) is 22.8 Å². The Kier molecular flexibility index (Phi) is 5.88. The number of carbonyl (C=O) groups is 1. The molecule has 3 rings (SSSR count). The minimum atomic E-state index is -0.449. The molecule has 0 amide bonds. The highest BCUT2D eigenvalue weighted by molar-refractivity contribution is 5.75. The van der Waals surface area contributed by atoms with Gasteiger partial charge in [0, 0.05) is 6.61 Å². The molecule has 136 valence electrons. The molecule has 0 aliphatic heterocycles. The zero-order valence-corrected chi connectivity index (χ0v) is 14.7. The monoisotopic (exact) mass is 353 g/mol. The van der Waals surface area contributed by atoms with Crippen LogP contribution in [0.1, 0.15) is 35.8 Å². The van der Waals surface area contributed by atoms with Gasteiger partial charge in [-0.2, -0.15) is 0 Å². The average molecular weight is 353 g/mol. The fourth-order valence-electron chi connectivity index (χ4n) is 2.66. The molecule has 0 bridgehead atoms. The number of aldehydes is 1. The van der Waals surface area contributed by atoms with Crippen LogP contribution in [0.15, 0.2) is 49.1 Å². The first kappa shape index (κ1) is 18.0. The number of aromatic nitrogens is 3. The zero-order valence-electron chi connectivity index (χ0n) is 14.7. The number of rotatable bonds is 10. The number of H-pyrrole nitrogens is 3. The summed E-state index contributed by atoms with van der Waals surface area (Å²) < 4.78 is 11.5. The van der Waals surface area contributed by atoms with Crippen LogP contribution >= 0.6 is 0 Å². The number of nitrogens with one attached hydrogen (secondary N) is 3. The summed E-state index contributed by atoms with van der Waals surface area (Å²) in [5.74, 6) is 0. The third-order valence-corrected chi connectivity index (χ3v) is 3.90. The standard InChI is InChI=1S/C20H23N3O3/c1-3-11-25-20(26-12-4-2)19-10-9-18(23-19)17-8-7-16(22-17)15-6-5-14(13-24)21-15/h3,5-10,13,20-23H,1,4,11-12H2,2H3. The first-order chi connectivity index (χ1) is 12.7. The summed E-state index contributed by atoms with van der Waals surface area (Å²) in [5, 5.41) is 0. The van der Waals surface area contributed by atoms with Gasteiger partial charge in [-0.25, -0.2) is 0 Å². The third-order valence-electron chi connectivity index (χ3n) is 3.90. The predicted molar refractivity (Wildman–Crippen MR) is 101 cm³/mol. The molecule has 6 heteroatoms. The summed E-state index contributed by atoms with van der Waals surface area (Å²) in [5.41, 5.74) is 5.05. The van der Waals surface area contributed by atoms with Crippen molar-refractivity contribution >= 4 is 6.29 Å². The van der Waals surface area contributed by atoms with Gasteiger partial charge in [0.25, 0.3) is 0 Å². The highest BCUT2D eigenvalue weighted by Crippen LogP contribution is 2.26. The van der Waals surface area contributed by atoms with E-state index in [2.05, 4.69) is 28.5 Å². The van der Waals surface area contributed by atoms with Gasteiger partial charge in [-0.1, -0.05) is 13.0 Å². The second-order valence-corrected chi connectivity index (χ2v) is 5.88. The lowest BCUT2D eigenvalue weighted by Crippen LogP contribution is -2.10. The largest absolute Gasteiger partial charge is 0.353 e. The Bertz CT molecular complexity index is 859. The van der Waals surface area contributed by atoms with E-state index < -0.39 is 6.29 Å². The van der Waals surface area contributed by atoms with Gasteiger partial charge in [0.2, 0.25) is 0 Å². The molecule has 3 aromatic rings. The second-order valence-electron chi connectivity index (χ2n) is 5.88. The Labute approximate surface area is 152 Å². The van der Waals surface area contributed by atoms with Gasteiger partial charge in [0.1, 0.15) is 0 Å². The molecular weight excluding hydrogens is 330 g/mol. The maximum Gasteiger partial charge on any atom is 0.199 e. The van der Waals surface area contributed by atoms with Crippen LogP contribution in [-0.4, -0.2) is 34.5 Å². The number of ether oxygens (including phenoxy) is 2. The molecule has 1 atom stereocenters. The summed E-state index contributed by atoms with van der Waals surface area (Å²) in [4.78, 5) is 20.6. The lowest BCUT2D eigenvalue weighted by Gasteiger charge is -2.16. The van der Waals surface area contributed by atoms with Crippen LogP contribution in [0.2, 0.25) is 0 Å². The number of aromatic amines is 3. The van der Waals surface area contributed by atoms with E-state index in [9.17, 15) is 4.79 Å². The maximum absolute atomic E-state index is 10.8. The predicted octanol–water partition coefficient (Wildman–Crippen LogP) is 4.45. The van der Waals surface area contributed by atoms with Crippen molar-refractivity contribution < 1.29 is 14.3 Å². The molecule has 26 heavy (non-hydrogen) atoms. The average Bonchev–Trinajstić information content (AvgIpc) is 3.40. The van der Waals surface area contributed by atoms with Gasteiger partial charge in [0.15, 0.2) is 12.6 Å². The number of carbonyl (C=O) groups excluding carboxylic acids is 1. The summed E-state index contributed by atoms with van der Waals surface area (Å²) in [6, 6.07) is 11.5. The third kappa shape index (κ3) is 4.04. The topological polar surface area (TPSA) is 82.9 Å². The van der Waals surface area contributed by atoms with Crippen molar-refractivity contribution in [2.24, 2.45) is 0 Å². The van der Waals surface area contributed by atoms with Gasteiger partial charge in [-0.15, -0.1) is 6.58 Å². The molecule has 0 aliphatic carbocycles. The van der Waals surface area contributed by atoms with Gasteiger partial charge in [-0.3, -0.25) is 4.79 Å². The van der Waals surface area contributed by atoms with E-state index in [-0.39, 0.29) is 0 Å². The minimum absolute atomic E-state index is 0.418. The molecule has 3 heterocycles. The molecule has 3 aromatic heterocycles. The van der Waals surface area contributed by atoms with E-state index in [1.54, 1.807) is 12.1 Å². The van der Waals surface area contributed by atoms with Gasteiger partial charge in [-0.05, 0) is 42.8 Å². The van der Waals surface area contributed by atoms with Crippen molar-refractivity contribution in [2.75, 3.05) is 13.2 Å². The van der Waals surface area contributed by atoms with E-state index in [0.29, 0.717) is 18.9 Å². The molecule has 0 spiro atoms. The van der Waals surface area contributed by atoms with Crippen LogP contribution in [0, 0.1) is 0 Å². The summed E-state index contributed by atoms with van der Waals surface area (Å²) in [7, 11) is 0. The first-order valence-corrected chi connectivity index (χ1v) is 8.62. The summed E-state index contributed by atoms with van der Waals surface area (Å²) >= 11 is 0. The molecule has 1 unspecified atom stereocenters. The summed E-state index contributed by atoms with van der Waals surface area (Å²) in [6.45, 7) is 6.77. The molecule has 0 aromatic carbocycles. The van der Waals surface area contributed by atoms with Crippen LogP contribution in [0.4, 0.5) is 0 Å². The van der Waals surface area contributed by atoms with Gasteiger partial charge >= 0.3 is 0 Å². The molecule has 0 saturated heterocycles. The Morgan fingerprint density at radius 3 is 2.27 bits per heavy atom. The van der Waals surface area contributed by atoms with E-state index in [4.69, 9.17) is 9.47 Å². The summed E-state index contributed by atoms with van der Waals surface area (Å²) in [6.07, 6.45) is 2.97. The Morgan fingerprint density at radius 1 is 0.962 bits per heavy atom. The van der Waals surface area contributed by atoms with Crippen LogP contribution < -0.4 is 0 Å². The smallest absolute Gasteiger partial charge is 0.199 e. The van der Waals surface area contributed by atoms with Gasteiger partial charge < -0.3 is 24.4 Å². The van der Waals surface area contributed by atoms with Crippen molar-refractivity contribution in [2.45, 2.75) is 19.6 Å². The van der Waals surface area contributed by atoms with Crippen molar-refractivity contribution in [3.8, 4) is 22.8 Å². The molecule has 0 aliphatic rings. The quantitative estimate of drug-likeness (QED) is 0.286. The van der Waals surface area contributed by atoms with Crippen LogP contribution in [0.5, 0.6) is 0 Å². The number of hydrogen-bond acceptors (Lipinski definition) is 3. The fourth-order valence-corrected chi connectivity index (χ4v) is 2.66. The second kappa shape index (κ2) is 8.51. The fraction of sp³-hybridized carbons (Fsp3) is 0.250. The molecule has 0 fully saturated rings. The first-order valence-electron chi connectivity index (χ1n) is 8.62. The molecule has 0 saturated carbocycles. The minimum Gasteiger partial charge on any atom is -0.353 e. The van der Waals surface area contributed by atoms with Crippen LogP contribution in [0.3, 0.4) is 0 Å². The van der Waals surface area contributed by atoms with Crippen LogP contribution in [-0.2, 0) is 9.47 Å². The normalized spacial score (nSPS) is 12.2. The van der Waals surface area contributed by atoms with Crippen molar-refractivity contribution in [1.29, 1.82) is 0 Å². The maximum atomic E-state index is 10.8. The van der Waals surface area contributed by atoms with E-state index >= 15 is 0 Å². The Hall–Kier alpha value is -2.83. The van der Waals surface area contributed by atoms with E-state index in [0.717, 1.165) is 41.2 Å². The Balaban J connectivity index is 1.78. The lowest BCUT2D eigenvalue weighted by molar-refractivity contribution is -0.141. The molecule has 0 radical (unpaired) electrons. The molecular formula is C20H23N3O3. The van der Waals surface area contributed by atoms with Gasteiger partial charge in [0.05, 0.1) is 40.8 Å². The lowest BCUT2D eigenvalue weighted by atomic mass is 10.3. The number of hydrogen-bond donors (Lipinski definition) is 3. The van der Waals surface area contributed by atoms with E-state index in [1.807, 2.05) is 30.3 Å². The molecule has 3 N–H and O–H groups in total. The molecule has 6 nitrogen and oxygen atoms in total. The zero-order chi connectivity index (χ0) is 18.4. The van der Waals surface area contributed by atoms with Crippen molar-refractivity contribution in [3.63, 3.8) is 0 Å². The SMILES string of the molecule is C=CCOC(OCCC)c1ccc(-c2ccc(-c3ccc(C=O)[nH]3)[nH]2)[nH]1. The Morgan fingerprint density at radius 2 is 1.62 bits per heavy atom. The van der Waals surface area contributed by atoms with Crippen molar-refractivity contribution in [1.82, 2.24) is 15.0 Å². The highest BCUT2D eigenvalue weighted by atomic mass is 16.7.